The molecule has 4 aromatic rings. The van der Waals surface area contributed by atoms with Crippen LogP contribution >= 0.6 is 0 Å². The molecule has 94 heavy (non-hydrogen) atoms. The van der Waals surface area contributed by atoms with Crippen LogP contribution in [0.15, 0.2) is 53.3 Å². The Balaban J connectivity index is 0.786. The minimum Gasteiger partial charge on any atom is -0.494 e. The Bertz CT molecular complexity index is 3040. The lowest BCUT2D eigenvalue weighted by Crippen LogP contribution is -2.54. The van der Waals surface area contributed by atoms with E-state index >= 15 is 0 Å². The number of cyclic esters (lactones) is 1. The molecule has 2 aromatic heterocycles. The molecule has 6 N–H and O–H groups in total. The average molecular weight is 1320 g/mol. The number of carbonyl (C=O) groups is 5. The number of carbonyl (C=O) groups excluding carboxylic acids is 5. The van der Waals surface area contributed by atoms with E-state index in [0.717, 1.165) is 40.8 Å². The molecule has 0 radical (unpaired) electrons. The maximum absolute atomic E-state index is 13.8. The quantitative estimate of drug-likeness (QED) is 0.0200. The summed E-state index contributed by atoms with van der Waals surface area (Å²) in [5.74, 6) is -0.618. The van der Waals surface area contributed by atoms with Gasteiger partial charge in [-0.15, -0.1) is 0 Å². The summed E-state index contributed by atoms with van der Waals surface area (Å²) in [5, 5.41) is 12.2. The third-order valence-electron chi connectivity index (χ3n) is 16.2. The maximum Gasteiger partial charge on any atom is 0.407 e. The number of rotatable bonds is 49. The summed E-state index contributed by atoms with van der Waals surface area (Å²) in [6.45, 7) is 23.3. The number of alkyl carbamates (subject to hydrolysis) is 1. The van der Waals surface area contributed by atoms with Crippen molar-refractivity contribution in [1.82, 2.24) is 25.5 Å². The van der Waals surface area contributed by atoms with E-state index in [1.54, 1.807) is 28.8 Å². The van der Waals surface area contributed by atoms with Gasteiger partial charge in [-0.05, 0) is 123 Å². The number of nitrogens with one attached hydrogen (secondary N) is 4. The van der Waals surface area contributed by atoms with E-state index in [9.17, 15) is 28.8 Å². The first kappa shape index (κ1) is 76.4. The molecule has 2 aliphatic rings. The molecule has 0 fully saturated rings. The molecule has 522 valence electrons. The van der Waals surface area contributed by atoms with E-state index in [-0.39, 0.29) is 56.2 Å². The van der Waals surface area contributed by atoms with Crippen LogP contribution in [0, 0.1) is 11.8 Å². The van der Waals surface area contributed by atoms with Crippen molar-refractivity contribution in [1.29, 1.82) is 0 Å². The molecule has 2 aromatic carbocycles. The van der Waals surface area contributed by atoms with Crippen LogP contribution in [0.4, 0.5) is 10.5 Å². The minimum absolute atomic E-state index is 0.0168. The summed E-state index contributed by atoms with van der Waals surface area (Å²) in [7, 11) is 0. The molecule has 0 saturated heterocycles. The van der Waals surface area contributed by atoms with Gasteiger partial charge in [0.15, 0.2) is 0 Å². The van der Waals surface area contributed by atoms with Gasteiger partial charge in [0.25, 0.3) is 5.56 Å². The van der Waals surface area contributed by atoms with Crippen LogP contribution in [-0.4, -0.2) is 190 Å². The number of nitrogens with zero attached hydrogens (tertiary/aromatic N) is 2. The van der Waals surface area contributed by atoms with E-state index in [2.05, 4.69) is 42.0 Å². The van der Waals surface area contributed by atoms with Gasteiger partial charge < -0.3 is 88.4 Å². The van der Waals surface area contributed by atoms with E-state index in [0.29, 0.717) is 204 Å². The molecule has 0 spiro atoms. The topological polar surface area (TPSA) is 305 Å². The third kappa shape index (κ3) is 24.8. The zero-order valence-corrected chi connectivity index (χ0v) is 56.4. The zero-order valence-electron chi connectivity index (χ0n) is 56.4. The lowest BCUT2D eigenvalue weighted by Gasteiger charge is -2.33. The van der Waals surface area contributed by atoms with Crippen molar-refractivity contribution in [2.45, 2.75) is 137 Å². The molecule has 25 heteroatoms. The van der Waals surface area contributed by atoms with Gasteiger partial charge in [-0.3, -0.25) is 24.0 Å². The maximum atomic E-state index is 13.8. The second-order valence-electron chi connectivity index (χ2n) is 24.0. The van der Waals surface area contributed by atoms with Crippen molar-refractivity contribution >= 4 is 46.4 Å². The highest BCUT2D eigenvalue weighted by atomic mass is 16.6. The van der Waals surface area contributed by atoms with Crippen molar-refractivity contribution in [2.24, 2.45) is 17.6 Å². The summed E-state index contributed by atoms with van der Waals surface area (Å²) in [6.07, 6.45) is 3.74. The van der Waals surface area contributed by atoms with Crippen molar-refractivity contribution in [3.05, 3.63) is 86.7 Å². The van der Waals surface area contributed by atoms with E-state index in [1.165, 1.54) is 0 Å². The van der Waals surface area contributed by atoms with Crippen molar-refractivity contribution < 1.29 is 80.8 Å². The van der Waals surface area contributed by atoms with Gasteiger partial charge in [0.1, 0.15) is 31.0 Å². The van der Waals surface area contributed by atoms with Crippen LogP contribution in [0.2, 0.25) is 0 Å². The Labute approximate surface area is 553 Å². The predicted octanol–water partition coefficient (Wildman–Crippen LogP) is 6.69. The molecule has 4 amide bonds. The first-order valence-corrected chi connectivity index (χ1v) is 33.4. The number of anilines is 1. The molecule has 0 bridgehead atoms. The molecular weight excluding hydrogens is 1210 g/mol. The standard InChI is InChI=1S/C69H103N7O18/c1-8-53-54-43-52(18-19-58(54)73-63-55(53)45-76-60(63)44-57-56(66(76)80)47-93-67(81)69(57,7)9-2)92-24-12-23-71-68(82)94-46-50-14-16-51(17-15-50)72-64(78)59(13-10-11-22-70)74-65(79)62(49(5)6)75-61(77)21-26-84-28-30-86-32-34-88-36-38-90-40-42-91-41-39-89-37-35-87-33-31-85-29-27-83-25-20-48(3)4/h14-19,43-44,48-49,59,62H,8-13,20-42,45-47,70H2,1-7H3,(H,71,82)(H,72,78)(H,74,79)(H,75,77)/t59-,62-,69+/m0/s1. The first-order chi connectivity index (χ1) is 45.6. The highest BCUT2D eigenvalue weighted by Gasteiger charge is 2.43. The van der Waals surface area contributed by atoms with Crippen LogP contribution in [0.3, 0.4) is 0 Å². The van der Waals surface area contributed by atoms with Gasteiger partial charge in [0.05, 0.1) is 153 Å². The lowest BCUT2D eigenvalue weighted by molar-refractivity contribution is -0.153. The number of fused-ring (bicyclic) bond motifs is 5. The number of aromatic nitrogens is 2. The van der Waals surface area contributed by atoms with Crippen LogP contribution in [0.5, 0.6) is 5.75 Å². The highest BCUT2D eigenvalue weighted by molar-refractivity contribution is 5.98. The minimum atomic E-state index is -0.911. The van der Waals surface area contributed by atoms with Crippen molar-refractivity contribution in [2.75, 3.05) is 144 Å². The Morgan fingerprint density at radius 3 is 1.81 bits per heavy atom. The van der Waals surface area contributed by atoms with E-state index < -0.39 is 35.4 Å². The number of hydrogen-bond donors (Lipinski definition) is 5. The normalized spacial score (nSPS) is 14.7. The number of unbranched alkanes of at least 4 members (excludes halogenated alkanes) is 1. The summed E-state index contributed by atoms with van der Waals surface area (Å²) in [6, 6.07) is 12.7. The number of nitrogens with two attached hydrogens (primary N) is 1. The fourth-order valence-corrected chi connectivity index (χ4v) is 10.5. The number of amides is 4. The van der Waals surface area contributed by atoms with Crippen LogP contribution in [-0.2, 0) is 103 Å². The van der Waals surface area contributed by atoms with Gasteiger partial charge in [0, 0.05) is 36.2 Å². The van der Waals surface area contributed by atoms with Gasteiger partial charge in [0.2, 0.25) is 17.7 Å². The Morgan fingerprint density at radius 2 is 1.26 bits per heavy atom. The summed E-state index contributed by atoms with van der Waals surface area (Å²) >= 11 is 0. The number of benzene rings is 2. The largest absolute Gasteiger partial charge is 0.494 e. The fraction of sp³-hybridized carbons (Fsp3) is 0.638. The third-order valence-corrected chi connectivity index (χ3v) is 16.2. The van der Waals surface area contributed by atoms with E-state index in [1.807, 2.05) is 52.0 Å². The smallest absolute Gasteiger partial charge is 0.407 e. The molecule has 6 rings (SSSR count). The second-order valence-corrected chi connectivity index (χ2v) is 24.0. The lowest BCUT2D eigenvalue weighted by atomic mass is 9.76. The Hall–Kier alpha value is -6.65. The monoisotopic (exact) mass is 1320 g/mol. The van der Waals surface area contributed by atoms with E-state index in [4.69, 9.17) is 67.6 Å². The molecule has 25 nitrogen and oxygen atoms in total. The van der Waals surface area contributed by atoms with Gasteiger partial charge in [-0.1, -0.05) is 53.7 Å². The molecule has 0 aliphatic carbocycles. The predicted molar refractivity (Wildman–Crippen MR) is 354 cm³/mol. The molecule has 0 unspecified atom stereocenters. The molecule has 2 aliphatic heterocycles. The second kappa shape index (κ2) is 42.0. The average Bonchev–Trinajstić information content (AvgIpc) is 1.56. The Morgan fingerprint density at radius 1 is 0.670 bits per heavy atom. The Kier molecular flexibility index (Phi) is 34.1. The number of hydrogen-bond acceptors (Lipinski definition) is 20. The summed E-state index contributed by atoms with van der Waals surface area (Å²) in [5.41, 5.74) is 11.4. The van der Waals surface area contributed by atoms with Crippen molar-refractivity contribution in [3.63, 3.8) is 0 Å². The summed E-state index contributed by atoms with van der Waals surface area (Å²) < 4.78 is 68.6. The van der Waals surface area contributed by atoms with Crippen LogP contribution in [0.1, 0.15) is 121 Å². The first-order valence-electron chi connectivity index (χ1n) is 33.4. The SMILES string of the molecule is CCc1c2c(nc3ccc(OCCCNC(=O)OCc4ccc(NC(=O)[C@H](CCCCN)NC(=O)[C@@H](NC(=O)CCOCCOCCOCCOCCOCCOCCOCCOCCOCCC(C)C)C(C)C)cc4)cc13)-c1cc3c(c(=O)n1C2)COC(=O)[C@]3(C)CC. The van der Waals surface area contributed by atoms with Crippen LogP contribution < -0.4 is 37.3 Å². The zero-order chi connectivity index (χ0) is 67.5. The molecule has 0 saturated carbocycles. The van der Waals surface area contributed by atoms with Crippen LogP contribution in [0.25, 0.3) is 22.3 Å². The molecule has 4 heterocycles. The highest BCUT2D eigenvalue weighted by Crippen LogP contribution is 2.41. The van der Waals surface area contributed by atoms with Gasteiger partial charge in [-0.2, -0.15) is 0 Å². The fourth-order valence-electron chi connectivity index (χ4n) is 10.5. The number of aryl methyl sites for hydroxylation is 1. The van der Waals surface area contributed by atoms with Gasteiger partial charge in [-0.25, -0.2) is 9.78 Å². The summed E-state index contributed by atoms with van der Waals surface area (Å²) in [4.78, 5) is 84.7. The van der Waals surface area contributed by atoms with Gasteiger partial charge >= 0.3 is 12.1 Å². The molecular formula is C69H103N7O18. The number of pyridine rings is 2. The van der Waals surface area contributed by atoms with Crippen molar-refractivity contribution in [3.8, 4) is 17.1 Å². The molecule has 3 atom stereocenters. The number of esters is 1. The number of ether oxygens (including phenoxy) is 12.